The molecule has 2 atom stereocenters. The fraction of sp³-hybridized carbons (Fsp3) is 0.462. The first-order valence-corrected chi connectivity index (χ1v) is 6.21. The van der Waals surface area contributed by atoms with Crippen LogP contribution in [0.1, 0.15) is 17.9 Å². The van der Waals surface area contributed by atoms with Crippen LogP contribution in [-0.4, -0.2) is 36.6 Å². The molecule has 2 rings (SSSR count). The highest BCUT2D eigenvalue weighted by atomic mass is 35.5. The molecule has 0 N–H and O–H groups in total. The fourth-order valence-electron chi connectivity index (χ4n) is 1.96. The molecule has 1 aromatic rings. The maximum absolute atomic E-state index is 12.2. The van der Waals surface area contributed by atoms with Gasteiger partial charge in [-0.15, -0.1) is 11.6 Å². The predicted molar refractivity (Wildman–Crippen MR) is 67.0 cm³/mol. The molecule has 1 aliphatic heterocycles. The van der Waals surface area contributed by atoms with Crippen molar-refractivity contribution >= 4 is 17.5 Å². The quantitative estimate of drug-likeness (QED) is 0.757. The van der Waals surface area contributed by atoms with E-state index in [1.165, 1.54) is 0 Å². The average molecular weight is 254 g/mol. The summed E-state index contributed by atoms with van der Waals surface area (Å²) < 4.78 is 5.31. The number of carbonyl (C=O) groups excluding carboxylic acids is 1. The second-order valence-corrected chi connectivity index (χ2v) is 4.67. The lowest BCUT2D eigenvalue weighted by molar-refractivity contribution is -0.138. The van der Waals surface area contributed by atoms with Crippen molar-refractivity contribution in [1.29, 1.82) is 0 Å². The van der Waals surface area contributed by atoms with E-state index in [2.05, 4.69) is 0 Å². The third-order valence-corrected chi connectivity index (χ3v) is 3.40. The third-order valence-electron chi connectivity index (χ3n) is 2.96. The Hall–Kier alpha value is -1.06. The van der Waals surface area contributed by atoms with E-state index in [1.54, 1.807) is 4.90 Å². The topological polar surface area (TPSA) is 29.5 Å². The van der Waals surface area contributed by atoms with Crippen molar-refractivity contribution in [2.24, 2.45) is 0 Å². The number of nitrogens with zero attached hydrogens (tertiary/aromatic N) is 1. The van der Waals surface area contributed by atoms with Gasteiger partial charge >= 0.3 is 0 Å². The average Bonchev–Trinajstić information content (AvgIpc) is 2.39. The molecule has 92 valence electrons. The second kappa shape index (κ2) is 5.52. The second-order valence-electron chi connectivity index (χ2n) is 4.23. The van der Waals surface area contributed by atoms with Crippen molar-refractivity contribution in [3.63, 3.8) is 0 Å². The van der Waals surface area contributed by atoms with Crippen LogP contribution in [0.25, 0.3) is 0 Å². The number of alkyl halides is 1. The number of halogens is 1. The van der Waals surface area contributed by atoms with Crippen LogP contribution >= 0.6 is 11.6 Å². The predicted octanol–water partition coefficient (Wildman–Crippen LogP) is 2.21. The lowest BCUT2D eigenvalue weighted by Gasteiger charge is -2.34. The number of ether oxygens (including phenoxy) is 1. The van der Waals surface area contributed by atoms with Crippen molar-refractivity contribution in [2.75, 3.05) is 19.8 Å². The summed E-state index contributed by atoms with van der Waals surface area (Å²) >= 11 is 6.22. The van der Waals surface area contributed by atoms with Crippen molar-refractivity contribution < 1.29 is 9.53 Å². The minimum Gasteiger partial charge on any atom is -0.377 e. The van der Waals surface area contributed by atoms with Crippen LogP contribution in [0, 0.1) is 0 Å². The summed E-state index contributed by atoms with van der Waals surface area (Å²) in [4.78, 5) is 14.0. The number of benzene rings is 1. The van der Waals surface area contributed by atoms with Gasteiger partial charge in [-0.25, -0.2) is 0 Å². The number of rotatable bonds is 2. The Balaban J connectivity index is 2.09. The van der Waals surface area contributed by atoms with E-state index in [0.29, 0.717) is 19.8 Å². The highest BCUT2D eigenvalue weighted by Gasteiger charge is 2.29. The minimum atomic E-state index is -0.600. The van der Waals surface area contributed by atoms with E-state index in [4.69, 9.17) is 16.3 Å². The molecule has 1 aliphatic rings. The first kappa shape index (κ1) is 12.4. The molecule has 0 radical (unpaired) electrons. The molecule has 1 fully saturated rings. The minimum absolute atomic E-state index is 0.0336. The number of hydrogen-bond acceptors (Lipinski definition) is 2. The van der Waals surface area contributed by atoms with E-state index in [-0.39, 0.29) is 11.9 Å². The molecule has 0 spiro atoms. The zero-order valence-corrected chi connectivity index (χ0v) is 10.6. The van der Waals surface area contributed by atoms with Gasteiger partial charge in [-0.1, -0.05) is 30.3 Å². The Kier molecular flexibility index (Phi) is 4.02. The lowest BCUT2D eigenvalue weighted by Crippen LogP contribution is -2.48. The van der Waals surface area contributed by atoms with Gasteiger partial charge in [-0.3, -0.25) is 4.79 Å². The Labute approximate surface area is 106 Å². The fourth-order valence-corrected chi connectivity index (χ4v) is 2.24. The molecule has 17 heavy (non-hydrogen) atoms. The Morgan fingerprint density at radius 3 is 2.82 bits per heavy atom. The molecule has 4 heteroatoms. The summed E-state index contributed by atoms with van der Waals surface area (Å²) in [5.74, 6) is -0.0336. The van der Waals surface area contributed by atoms with Crippen LogP contribution in [0.15, 0.2) is 30.3 Å². The Morgan fingerprint density at radius 2 is 2.18 bits per heavy atom. The zero-order chi connectivity index (χ0) is 12.3. The monoisotopic (exact) mass is 253 g/mol. The van der Waals surface area contributed by atoms with Crippen molar-refractivity contribution in [3.05, 3.63) is 35.9 Å². The molecule has 1 heterocycles. The molecule has 1 saturated heterocycles. The van der Waals surface area contributed by atoms with Crippen molar-refractivity contribution in [3.8, 4) is 0 Å². The van der Waals surface area contributed by atoms with E-state index in [9.17, 15) is 4.79 Å². The molecule has 1 unspecified atom stereocenters. The van der Waals surface area contributed by atoms with Crippen LogP contribution in [-0.2, 0) is 9.53 Å². The van der Waals surface area contributed by atoms with Crippen LogP contribution in [0.5, 0.6) is 0 Å². The summed E-state index contributed by atoms with van der Waals surface area (Å²) in [6.45, 7) is 3.78. The van der Waals surface area contributed by atoms with Gasteiger partial charge in [0.1, 0.15) is 5.38 Å². The van der Waals surface area contributed by atoms with Gasteiger partial charge in [0.2, 0.25) is 5.91 Å². The van der Waals surface area contributed by atoms with E-state index in [1.807, 2.05) is 37.3 Å². The molecule has 1 amide bonds. The highest BCUT2D eigenvalue weighted by molar-refractivity contribution is 6.30. The first-order chi connectivity index (χ1) is 8.20. The molecule has 0 saturated carbocycles. The molecule has 1 aromatic carbocycles. The van der Waals surface area contributed by atoms with Crippen LogP contribution in [0.2, 0.25) is 0 Å². The summed E-state index contributed by atoms with van der Waals surface area (Å²) in [5, 5.41) is -0.600. The van der Waals surface area contributed by atoms with Crippen LogP contribution in [0.4, 0.5) is 0 Å². The number of carbonyl (C=O) groups is 1. The normalized spacial score (nSPS) is 22.2. The van der Waals surface area contributed by atoms with Crippen molar-refractivity contribution in [2.45, 2.75) is 18.3 Å². The van der Waals surface area contributed by atoms with E-state index in [0.717, 1.165) is 5.56 Å². The van der Waals surface area contributed by atoms with Gasteiger partial charge in [0.25, 0.3) is 0 Å². The van der Waals surface area contributed by atoms with Gasteiger partial charge in [0.05, 0.1) is 19.3 Å². The summed E-state index contributed by atoms with van der Waals surface area (Å²) in [5.41, 5.74) is 0.845. The van der Waals surface area contributed by atoms with Gasteiger partial charge in [-0.2, -0.15) is 0 Å². The van der Waals surface area contributed by atoms with Gasteiger partial charge < -0.3 is 9.64 Å². The summed E-state index contributed by atoms with van der Waals surface area (Å²) in [7, 11) is 0. The molecular formula is C13H16ClNO2. The smallest absolute Gasteiger partial charge is 0.245 e. The number of hydrogen-bond donors (Lipinski definition) is 0. The van der Waals surface area contributed by atoms with Gasteiger partial charge in [0.15, 0.2) is 0 Å². The Morgan fingerprint density at radius 1 is 1.47 bits per heavy atom. The van der Waals surface area contributed by atoms with Gasteiger partial charge in [0, 0.05) is 6.54 Å². The summed E-state index contributed by atoms with van der Waals surface area (Å²) in [6, 6.07) is 9.54. The molecule has 0 bridgehead atoms. The standard InChI is InChI=1S/C13H16ClNO2/c1-10-9-17-8-7-15(10)13(16)12(14)11-5-3-2-4-6-11/h2-6,10,12H,7-9H2,1H3/t10-,12?/m1/s1. The first-order valence-electron chi connectivity index (χ1n) is 5.77. The molecule has 3 nitrogen and oxygen atoms in total. The number of amides is 1. The van der Waals surface area contributed by atoms with Gasteiger partial charge in [-0.05, 0) is 12.5 Å². The number of morpholine rings is 1. The van der Waals surface area contributed by atoms with Crippen LogP contribution < -0.4 is 0 Å². The van der Waals surface area contributed by atoms with Crippen molar-refractivity contribution in [1.82, 2.24) is 4.90 Å². The Bertz CT molecular complexity index is 382. The maximum Gasteiger partial charge on any atom is 0.245 e. The molecular weight excluding hydrogens is 238 g/mol. The largest absolute Gasteiger partial charge is 0.377 e. The van der Waals surface area contributed by atoms with Crippen LogP contribution in [0.3, 0.4) is 0 Å². The van der Waals surface area contributed by atoms with E-state index < -0.39 is 5.38 Å². The van der Waals surface area contributed by atoms with E-state index >= 15 is 0 Å². The maximum atomic E-state index is 12.2. The summed E-state index contributed by atoms with van der Waals surface area (Å²) in [6.07, 6.45) is 0. The highest BCUT2D eigenvalue weighted by Crippen LogP contribution is 2.24. The molecule has 0 aromatic heterocycles. The zero-order valence-electron chi connectivity index (χ0n) is 9.80. The SMILES string of the molecule is C[C@@H]1COCCN1C(=O)C(Cl)c1ccccc1. The third kappa shape index (κ3) is 2.79. The lowest BCUT2D eigenvalue weighted by atomic mass is 10.1. The molecule has 0 aliphatic carbocycles.